The van der Waals surface area contributed by atoms with Gasteiger partial charge in [-0.05, 0) is 24.4 Å². The lowest BCUT2D eigenvalue weighted by Crippen LogP contribution is -2.22. The molecule has 1 unspecified atom stereocenters. The molecule has 2 rings (SSSR count). The SMILES string of the molecule is CCCNC1COc2c(C(C)C)cccc21. The molecule has 0 fully saturated rings. The summed E-state index contributed by atoms with van der Waals surface area (Å²) in [4.78, 5) is 0. The van der Waals surface area contributed by atoms with Gasteiger partial charge in [-0.1, -0.05) is 39.0 Å². The Morgan fingerprint density at radius 1 is 1.44 bits per heavy atom. The van der Waals surface area contributed by atoms with Gasteiger partial charge in [0.15, 0.2) is 0 Å². The molecule has 1 aromatic rings. The molecule has 0 saturated heterocycles. The first-order valence-corrected chi connectivity index (χ1v) is 6.23. The van der Waals surface area contributed by atoms with E-state index in [0.717, 1.165) is 25.3 Å². The predicted octanol–water partition coefficient (Wildman–Crippen LogP) is 3.24. The predicted molar refractivity (Wildman–Crippen MR) is 67.1 cm³/mol. The molecule has 1 heterocycles. The van der Waals surface area contributed by atoms with Crippen LogP contribution in [0.2, 0.25) is 0 Å². The summed E-state index contributed by atoms with van der Waals surface area (Å²) in [5, 5.41) is 3.53. The first kappa shape index (κ1) is 11.5. The Morgan fingerprint density at radius 2 is 2.25 bits per heavy atom. The highest BCUT2D eigenvalue weighted by Gasteiger charge is 2.26. The maximum Gasteiger partial charge on any atom is 0.127 e. The maximum absolute atomic E-state index is 5.84. The molecule has 0 aromatic heterocycles. The highest BCUT2D eigenvalue weighted by molar-refractivity contribution is 5.47. The summed E-state index contributed by atoms with van der Waals surface area (Å²) in [7, 11) is 0. The van der Waals surface area contributed by atoms with E-state index in [4.69, 9.17) is 4.74 Å². The topological polar surface area (TPSA) is 21.3 Å². The molecule has 88 valence electrons. The van der Waals surface area contributed by atoms with E-state index in [0.29, 0.717) is 12.0 Å². The van der Waals surface area contributed by atoms with Gasteiger partial charge in [-0.15, -0.1) is 0 Å². The molecule has 0 amide bonds. The van der Waals surface area contributed by atoms with E-state index in [1.54, 1.807) is 0 Å². The highest BCUT2D eigenvalue weighted by atomic mass is 16.5. The Bertz CT molecular complexity index is 360. The zero-order chi connectivity index (χ0) is 11.5. The third kappa shape index (κ3) is 2.07. The lowest BCUT2D eigenvalue weighted by atomic mass is 9.97. The normalized spacial score (nSPS) is 18.6. The van der Waals surface area contributed by atoms with Crippen LogP contribution in [0.1, 0.15) is 50.3 Å². The van der Waals surface area contributed by atoms with Crippen LogP contribution >= 0.6 is 0 Å². The van der Waals surface area contributed by atoms with Crippen molar-refractivity contribution in [3.63, 3.8) is 0 Å². The van der Waals surface area contributed by atoms with Gasteiger partial charge in [0, 0.05) is 5.56 Å². The van der Waals surface area contributed by atoms with Gasteiger partial charge in [0.25, 0.3) is 0 Å². The summed E-state index contributed by atoms with van der Waals surface area (Å²) in [6.07, 6.45) is 1.16. The van der Waals surface area contributed by atoms with Gasteiger partial charge in [-0.2, -0.15) is 0 Å². The van der Waals surface area contributed by atoms with Crippen molar-refractivity contribution in [2.24, 2.45) is 0 Å². The van der Waals surface area contributed by atoms with E-state index in [2.05, 4.69) is 44.3 Å². The van der Waals surface area contributed by atoms with Crippen molar-refractivity contribution < 1.29 is 4.74 Å². The van der Waals surface area contributed by atoms with Crippen molar-refractivity contribution in [3.8, 4) is 5.75 Å². The van der Waals surface area contributed by atoms with Gasteiger partial charge in [0.1, 0.15) is 12.4 Å². The van der Waals surface area contributed by atoms with E-state index in [9.17, 15) is 0 Å². The molecule has 1 aromatic carbocycles. The van der Waals surface area contributed by atoms with Crippen molar-refractivity contribution in [3.05, 3.63) is 29.3 Å². The van der Waals surface area contributed by atoms with E-state index in [1.165, 1.54) is 11.1 Å². The molecule has 1 N–H and O–H groups in total. The molecule has 1 aliphatic rings. The summed E-state index contributed by atoms with van der Waals surface area (Å²) in [6, 6.07) is 6.88. The van der Waals surface area contributed by atoms with E-state index in [1.807, 2.05) is 0 Å². The molecule has 1 atom stereocenters. The second-order valence-electron chi connectivity index (χ2n) is 4.74. The van der Waals surface area contributed by atoms with Crippen LogP contribution in [0.15, 0.2) is 18.2 Å². The fraction of sp³-hybridized carbons (Fsp3) is 0.571. The number of ether oxygens (including phenoxy) is 1. The first-order chi connectivity index (χ1) is 7.74. The molecule has 1 aliphatic heterocycles. The third-order valence-electron chi connectivity index (χ3n) is 3.11. The van der Waals surface area contributed by atoms with Crippen molar-refractivity contribution in [2.45, 2.75) is 39.2 Å². The minimum absolute atomic E-state index is 0.383. The molecule has 0 radical (unpaired) electrons. The number of hydrogen-bond acceptors (Lipinski definition) is 2. The minimum atomic E-state index is 0.383. The molecule has 16 heavy (non-hydrogen) atoms. The smallest absolute Gasteiger partial charge is 0.127 e. The van der Waals surface area contributed by atoms with Crippen molar-refractivity contribution in [1.82, 2.24) is 5.32 Å². The van der Waals surface area contributed by atoms with Crippen LogP contribution in [0.4, 0.5) is 0 Å². The van der Waals surface area contributed by atoms with E-state index < -0.39 is 0 Å². The number of hydrogen-bond donors (Lipinski definition) is 1. The van der Waals surface area contributed by atoms with Crippen molar-refractivity contribution in [2.75, 3.05) is 13.2 Å². The van der Waals surface area contributed by atoms with Crippen LogP contribution < -0.4 is 10.1 Å². The summed E-state index contributed by atoms with van der Waals surface area (Å²) in [6.45, 7) is 8.45. The zero-order valence-corrected chi connectivity index (χ0v) is 10.4. The van der Waals surface area contributed by atoms with Gasteiger partial charge >= 0.3 is 0 Å². The lowest BCUT2D eigenvalue weighted by molar-refractivity contribution is 0.308. The van der Waals surface area contributed by atoms with Gasteiger partial charge < -0.3 is 10.1 Å². The van der Waals surface area contributed by atoms with Crippen LogP contribution in [-0.2, 0) is 0 Å². The monoisotopic (exact) mass is 219 g/mol. The molecule has 0 saturated carbocycles. The molecule has 2 heteroatoms. The quantitative estimate of drug-likeness (QED) is 0.839. The van der Waals surface area contributed by atoms with E-state index in [-0.39, 0.29) is 0 Å². The van der Waals surface area contributed by atoms with Crippen LogP contribution in [-0.4, -0.2) is 13.2 Å². The Kier molecular flexibility index (Phi) is 3.49. The second kappa shape index (κ2) is 4.88. The van der Waals surface area contributed by atoms with Crippen LogP contribution in [0.3, 0.4) is 0 Å². The number of rotatable bonds is 4. The van der Waals surface area contributed by atoms with Crippen LogP contribution in [0, 0.1) is 0 Å². The fourth-order valence-corrected chi connectivity index (χ4v) is 2.21. The van der Waals surface area contributed by atoms with Crippen LogP contribution in [0.25, 0.3) is 0 Å². The molecule has 0 spiro atoms. The van der Waals surface area contributed by atoms with Gasteiger partial charge in [-0.25, -0.2) is 0 Å². The Hall–Kier alpha value is -1.02. The van der Waals surface area contributed by atoms with Gasteiger partial charge in [-0.3, -0.25) is 0 Å². The largest absolute Gasteiger partial charge is 0.491 e. The maximum atomic E-state index is 5.84. The molecule has 2 nitrogen and oxygen atoms in total. The molecular weight excluding hydrogens is 198 g/mol. The van der Waals surface area contributed by atoms with Gasteiger partial charge in [0.2, 0.25) is 0 Å². The Labute approximate surface area is 98.0 Å². The molecule has 0 bridgehead atoms. The third-order valence-corrected chi connectivity index (χ3v) is 3.11. The Balaban J connectivity index is 2.23. The van der Waals surface area contributed by atoms with Crippen molar-refractivity contribution >= 4 is 0 Å². The Morgan fingerprint density at radius 3 is 2.94 bits per heavy atom. The molecule has 0 aliphatic carbocycles. The number of nitrogens with one attached hydrogen (secondary N) is 1. The minimum Gasteiger partial charge on any atom is -0.491 e. The van der Waals surface area contributed by atoms with Gasteiger partial charge in [0.05, 0.1) is 6.04 Å². The summed E-state index contributed by atoms with van der Waals surface area (Å²) in [5.41, 5.74) is 2.66. The van der Waals surface area contributed by atoms with Crippen molar-refractivity contribution in [1.29, 1.82) is 0 Å². The summed E-state index contributed by atoms with van der Waals surface area (Å²) < 4.78 is 5.84. The number of fused-ring (bicyclic) bond motifs is 1. The number of benzene rings is 1. The average molecular weight is 219 g/mol. The summed E-state index contributed by atoms with van der Waals surface area (Å²) >= 11 is 0. The highest BCUT2D eigenvalue weighted by Crippen LogP contribution is 2.38. The zero-order valence-electron chi connectivity index (χ0n) is 10.4. The standard InChI is InChI=1S/C14H21NO/c1-4-8-15-13-9-16-14-11(10(2)3)6-5-7-12(13)14/h5-7,10,13,15H,4,8-9H2,1-3H3. The van der Waals surface area contributed by atoms with Crippen LogP contribution in [0.5, 0.6) is 5.75 Å². The first-order valence-electron chi connectivity index (χ1n) is 6.23. The van der Waals surface area contributed by atoms with E-state index >= 15 is 0 Å². The fourth-order valence-electron chi connectivity index (χ4n) is 2.21. The number of para-hydroxylation sites is 1. The second-order valence-corrected chi connectivity index (χ2v) is 4.74. The lowest BCUT2D eigenvalue weighted by Gasteiger charge is -2.12. The molecular formula is C14H21NO. The summed E-state index contributed by atoms with van der Waals surface area (Å²) in [5.74, 6) is 1.64. The average Bonchev–Trinajstić information content (AvgIpc) is 2.69.